The number of nitrogens with zero attached hydrogens (tertiary/aromatic N) is 4. The van der Waals surface area contributed by atoms with E-state index in [2.05, 4.69) is 10.3 Å². The zero-order valence-electron chi connectivity index (χ0n) is 21.2. The third-order valence-electron chi connectivity index (χ3n) is 6.92. The summed E-state index contributed by atoms with van der Waals surface area (Å²) in [4.78, 5) is 12.2. The Balaban J connectivity index is 1.54. The Kier molecular flexibility index (Phi) is 6.86. The van der Waals surface area contributed by atoms with Gasteiger partial charge in [-0.1, -0.05) is 41.6 Å². The molecule has 1 aromatic heterocycles. The van der Waals surface area contributed by atoms with Crippen molar-refractivity contribution in [1.82, 2.24) is 19.3 Å². The number of carbonyl (C=O) groups is 1. The van der Waals surface area contributed by atoms with Gasteiger partial charge in [0.2, 0.25) is 0 Å². The number of hydrogen-bond acceptors (Lipinski definition) is 7. The number of aromatic nitrogens is 3. The summed E-state index contributed by atoms with van der Waals surface area (Å²) < 4.78 is 47.1. The highest BCUT2D eigenvalue weighted by molar-refractivity contribution is 8.22. The molecule has 0 aliphatic carbocycles. The highest BCUT2D eigenvalue weighted by Crippen LogP contribution is 2.57. The molecule has 200 valence electrons. The molecule has 11 heteroatoms. The van der Waals surface area contributed by atoms with Crippen LogP contribution in [0.3, 0.4) is 0 Å². The summed E-state index contributed by atoms with van der Waals surface area (Å²) in [6.45, 7) is 4.20. The third-order valence-corrected chi connectivity index (χ3v) is 8.85. The number of para-hydroxylation sites is 1. The number of halogens is 1. The largest absolute Gasteiger partial charge is 0.487 e. The molecule has 38 heavy (non-hydrogen) atoms. The van der Waals surface area contributed by atoms with Gasteiger partial charge in [-0.05, 0) is 54.3 Å². The average molecular weight is 541 g/mol. The fourth-order valence-electron chi connectivity index (χ4n) is 4.92. The van der Waals surface area contributed by atoms with Crippen molar-refractivity contribution in [3.8, 4) is 5.75 Å². The number of aliphatic carboxylic acids is 1. The van der Waals surface area contributed by atoms with Crippen molar-refractivity contribution < 1.29 is 28.1 Å². The van der Waals surface area contributed by atoms with Gasteiger partial charge in [-0.2, -0.15) is 4.31 Å². The zero-order valence-corrected chi connectivity index (χ0v) is 22.0. The van der Waals surface area contributed by atoms with Crippen molar-refractivity contribution >= 4 is 27.8 Å². The summed E-state index contributed by atoms with van der Waals surface area (Å²) in [7, 11) is -1.70. The predicted octanol–water partition coefficient (Wildman–Crippen LogP) is 5.33. The maximum absolute atomic E-state index is 15.6. The van der Waals surface area contributed by atoms with Gasteiger partial charge in [-0.15, -0.1) is 15.9 Å². The molecule has 0 saturated carbocycles. The summed E-state index contributed by atoms with van der Waals surface area (Å²) in [5.41, 5.74) is 3.06. The van der Waals surface area contributed by atoms with Crippen molar-refractivity contribution in [3.05, 3.63) is 82.7 Å². The first-order valence-corrected chi connectivity index (χ1v) is 13.6. The Morgan fingerprint density at radius 2 is 1.97 bits per heavy atom. The van der Waals surface area contributed by atoms with Gasteiger partial charge in [0.1, 0.15) is 22.3 Å². The Labute approximate surface area is 220 Å². The Bertz CT molecular complexity index is 1520. The van der Waals surface area contributed by atoms with E-state index in [1.807, 2.05) is 26.0 Å². The standard InChI is InChI=1S/C27H29FN4O5S/c1-16-8-9-18(21(13-25(33)34)20-10-11-22-27(26(20)28)29-30-31(22)3)12-19(16)15-32-14-17(2)37-23-6-4-5-7-24(23)38(32,35)36/h4-12,17,21,35-36H,13-15H2,1-3H3,(H,33,34)/t17-,21?/m1/s1. The van der Waals surface area contributed by atoms with Crippen LogP contribution in [0.4, 0.5) is 4.39 Å². The van der Waals surface area contributed by atoms with Crippen molar-refractivity contribution in [1.29, 1.82) is 0 Å². The molecular formula is C27H29FN4O5S. The fourth-order valence-corrected chi connectivity index (χ4v) is 6.58. The molecular weight excluding hydrogens is 511 g/mol. The third kappa shape index (κ3) is 4.73. The van der Waals surface area contributed by atoms with Crippen LogP contribution in [0.5, 0.6) is 5.75 Å². The van der Waals surface area contributed by atoms with Gasteiger partial charge in [0.25, 0.3) is 0 Å². The quantitative estimate of drug-likeness (QED) is 0.300. The van der Waals surface area contributed by atoms with E-state index in [1.165, 1.54) is 4.68 Å². The SMILES string of the molecule is Cc1ccc(C(CC(=O)O)c2ccc3c(nnn3C)c2F)cc1CN1C[C@@H](C)Oc2ccccc2S1(O)O. The Morgan fingerprint density at radius 1 is 1.21 bits per heavy atom. The first-order chi connectivity index (χ1) is 18.1. The molecule has 1 aliphatic heterocycles. The maximum atomic E-state index is 15.6. The van der Waals surface area contributed by atoms with E-state index in [9.17, 15) is 19.0 Å². The molecule has 3 N–H and O–H groups in total. The predicted molar refractivity (Wildman–Crippen MR) is 142 cm³/mol. The number of ether oxygens (including phenoxy) is 1. The first kappa shape index (κ1) is 26.1. The average Bonchev–Trinajstić information content (AvgIpc) is 3.21. The number of benzene rings is 3. The summed E-state index contributed by atoms with van der Waals surface area (Å²) in [5.74, 6) is -2.02. The van der Waals surface area contributed by atoms with Crippen LogP contribution in [0.25, 0.3) is 11.0 Å². The van der Waals surface area contributed by atoms with Gasteiger partial charge in [0.05, 0.1) is 18.5 Å². The van der Waals surface area contributed by atoms with E-state index in [0.717, 1.165) is 11.1 Å². The molecule has 0 amide bonds. The van der Waals surface area contributed by atoms with Gasteiger partial charge >= 0.3 is 5.97 Å². The van der Waals surface area contributed by atoms with Crippen LogP contribution in [0.15, 0.2) is 59.5 Å². The molecule has 0 radical (unpaired) electrons. The Hall–Kier alpha value is -3.51. The van der Waals surface area contributed by atoms with Gasteiger partial charge in [-0.3, -0.25) is 13.9 Å². The first-order valence-electron chi connectivity index (χ1n) is 12.1. The molecule has 0 bridgehead atoms. The molecule has 0 fully saturated rings. The lowest BCUT2D eigenvalue weighted by Gasteiger charge is -2.42. The highest BCUT2D eigenvalue weighted by Gasteiger charge is 2.34. The van der Waals surface area contributed by atoms with Crippen molar-refractivity contribution in [2.75, 3.05) is 6.54 Å². The van der Waals surface area contributed by atoms with Crippen molar-refractivity contribution in [3.63, 3.8) is 0 Å². The molecule has 4 aromatic rings. The summed E-state index contributed by atoms with van der Waals surface area (Å²) in [6.07, 6.45) is -0.636. The second-order valence-electron chi connectivity index (χ2n) is 9.60. The zero-order chi connectivity index (χ0) is 27.2. The number of carboxylic acids is 1. The van der Waals surface area contributed by atoms with Crippen molar-refractivity contribution in [2.45, 2.75) is 43.7 Å². The highest BCUT2D eigenvalue weighted by atomic mass is 32.3. The maximum Gasteiger partial charge on any atom is 0.304 e. The van der Waals surface area contributed by atoms with Crippen LogP contribution in [-0.4, -0.2) is 52.1 Å². The number of carboxylic acid groups (broad SMARTS) is 1. The van der Waals surface area contributed by atoms with Crippen LogP contribution in [0.2, 0.25) is 0 Å². The summed E-state index contributed by atoms with van der Waals surface area (Å²) in [6, 6.07) is 15.6. The topological polar surface area (TPSA) is 121 Å². The van der Waals surface area contributed by atoms with Gasteiger partial charge < -0.3 is 9.84 Å². The molecule has 0 spiro atoms. The van der Waals surface area contributed by atoms with E-state index < -0.39 is 28.5 Å². The molecule has 5 rings (SSSR count). The minimum Gasteiger partial charge on any atom is -0.487 e. The second-order valence-corrected chi connectivity index (χ2v) is 11.6. The van der Waals surface area contributed by atoms with E-state index in [0.29, 0.717) is 21.7 Å². The smallest absolute Gasteiger partial charge is 0.304 e. The van der Waals surface area contributed by atoms with E-state index in [4.69, 9.17) is 4.74 Å². The van der Waals surface area contributed by atoms with E-state index >= 15 is 4.39 Å². The van der Waals surface area contributed by atoms with Gasteiger partial charge in [0.15, 0.2) is 5.82 Å². The van der Waals surface area contributed by atoms with E-state index in [1.54, 1.807) is 53.8 Å². The number of aryl methyl sites for hydroxylation is 2. The molecule has 2 heterocycles. The van der Waals surface area contributed by atoms with Crippen LogP contribution < -0.4 is 4.74 Å². The van der Waals surface area contributed by atoms with Crippen molar-refractivity contribution in [2.24, 2.45) is 7.05 Å². The number of rotatable bonds is 6. The lowest BCUT2D eigenvalue weighted by Crippen LogP contribution is -2.33. The van der Waals surface area contributed by atoms with Crippen LogP contribution >= 0.6 is 10.8 Å². The second kappa shape index (κ2) is 9.99. The minimum absolute atomic E-state index is 0.0823. The van der Waals surface area contributed by atoms with Gasteiger partial charge in [0, 0.05) is 19.5 Å². The molecule has 1 aliphatic rings. The molecule has 9 nitrogen and oxygen atoms in total. The number of hydrogen-bond donors (Lipinski definition) is 3. The van der Waals surface area contributed by atoms with Crippen LogP contribution in [0.1, 0.15) is 41.5 Å². The Morgan fingerprint density at radius 3 is 2.74 bits per heavy atom. The molecule has 2 atom stereocenters. The fraction of sp³-hybridized carbons (Fsp3) is 0.296. The monoisotopic (exact) mass is 540 g/mol. The lowest BCUT2D eigenvalue weighted by atomic mass is 9.86. The van der Waals surface area contributed by atoms with E-state index in [-0.39, 0.29) is 36.7 Å². The normalized spacial score (nSPS) is 18.8. The van der Waals surface area contributed by atoms with Gasteiger partial charge in [-0.25, -0.2) is 9.07 Å². The molecule has 0 saturated heterocycles. The van der Waals surface area contributed by atoms with Crippen LogP contribution in [0, 0.1) is 12.7 Å². The molecule has 3 aromatic carbocycles. The summed E-state index contributed by atoms with van der Waals surface area (Å²) in [5, 5.41) is 17.5. The van der Waals surface area contributed by atoms with Crippen LogP contribution in [-0.2, 0) is 18.4 Å². The molecule has 1 unspecified atom stereocenters. The lowest BCUT2D eigenvalue weighted by molar-refractivity contribution is -0.137. The number of fused-ring (bicyclic) bond motifs is 2. The summed E-state index contributed by atoms with van der Waals surface area (Å²) >= 11 is 0. The minimum atomic E-state index is -3.36.